The summed E-state index contributed by atoms with van der Waals surface area (Å²) < 4.78 is 11.6. The molecule has 0 bridgehead atoms. The van der Waals surface area contributed by atoms with Crippen LogP contribution in [0, 0.1) is 11.3 Å². The van der Waals surface area contributed by atoms with Gasteiger partial charge in [0.05, 0.1) is 12.7 Å². The topological polar surface area (TPSA) is 87.3 Å². The lowest BCUT2D eigenvalue weighted by molar-refractivity contribution is -0.114. The molecule has 2 heterocycles. The number of amidine groups is 2. The Bertz CT molecular complexity index is 1160. The number of hydrogen-bond donors (Lipinski definition) is 1. The molecule has 0 unspecified atom stereocenters. The van der Waals surface area contributed by atoms with Crippen LogP contribution >= 0.6 is 11.8 Å². The number of hydrazone groups is 1. The van der Waals surface area contributed by atoms with Crippen LogP contribution in [0.25, 0.3) is 6.08 Å². The number of aliphatic imine (C=N–C) groups is 1. The number of ether oxygens (including phenoxy) is 2. The smallest absolute Gasteiger partial charge is 0.283 e. The van der Waals surface area contributed by atoms with E-state index in [1.165, 1.54) is 16.8 Å². The zero-order valence-electron chi connectivity index (χ0n) is 18.3. The SMILES string of the molecule is COc1cc(/C=C2/C(=N)N3N=C(C(C)C)SC3=NC2=O)ccc1O[C@H](C)c1ccccc1. The molecule has 1 N–H and O–H groups in total. The average molecular weight is 449 g/mol. The molecule has 0 aliphatic carbocycles. The van der Waals surface area contributed by atoms with E-state index in [0.29, 0.717) is 22.2 Å². The number of hydrogen-bond acceptors (Lipinski definition) is 6. The fourth-order valence-corrected chi connectivity index (χ4v) is 4.15. The highest BCUT2D eigenvalue weighted by Crippen LogP contribution is 2.34. The molecular formula is C24H24N4O3S. The van der Waals surface area contributed by atoms with E-state index in [2.05, 4.69) is 10.1 Å². The molecule has 1 atom stereocenters. The molecule has 2 aliphatic heterocycles. The summed E-state index contributed by atoms with van der Waals surface area (Å²) in [7, 11) is 1.57. The molecule has 1 amide bonds. The Labute approximate surface area is 191 Å². The molecule has 4 rings (SSSR count). The Morgan fingerprint density at radius 2 is 1.84 bits per heavy atom. The zero-order chi connectivity index (χ0) is 22.8. The molecular weight excluding hydrogens is 424 g/mol. The standard InChI is InChI=1S/C24H24N4O3S/c1-14(2)23-27-28-21(25)18(22(29)26-24(28)32-23)12-16-10-11-19(20(13-16)30-4)31-15(3)17-8-6-5-7-9-17/h5-15,25H,1-4H3/b18-12-,25-21?/t15-/m1/s1. The zero-order valence-corrected chi connectivity index (χ0v) is 19.1. The summed E-state index contributed by atoms with van der Waals surface area (Å²) in [4.78, 5) is 16.7. The van der Waals surface area contributed by atoms with Crippen LogP contribution in [-0.2, 0) is 4.79 Å². The van der Waals surface area contributed by atoms with E-state index < -0.39 is 5.91 Å². The van der Waals surface area contributed by atoms with Gasteiger partial charge in [-0.1, -0.05) is 50.2 Å². The van der Waals surface area contributed by atoms with Gasteiger partial charge in [-0.05, 0) is 48.0 Å². The Morgan fingerprint density at radius 1 is 1.09 bits per heavy atom. The lowest BCUT2D eigenvalue weighted by atomic mass is 10.1. The predicted octanol–water partition coefficient (Wildman–Crippen LogP) is 5.11. The minimum absolute atomic E-state index is 0.0140. The van der Waals surface area contributed by atoms with Gasteiger partial charge in [-0.2, -0.15) is 15.1 Å². The Hall–Kier alpha value is -3.39. The minimum atomic E-state index is -0.453. The number of nitrogens with one attached hydrogen (secondary N) is 1. The van der Waals surface area contributed by atoms with Crippen LogP contribution in [0.15, 0.2) is 64.2 Å². The second-order valence-corrected chi connectivity index (χ2v) is 8.68. The molecule has 0 fully saturated rings. The van der Waals surface area contributed by atoms with Crippen molar-refractivity contribution in [2.24, 2.45) is 16.0 Å². The van der Waals surface area contributed by atoms with Crippen LogP contribution in [0.3, 0.4) is 0 Å². The van der Waals surface area contributed by atoms with Crippen molar-refractivity contribution in [1.82, 2.24) is 5.01 Å². The number of nitrogens with zero attached hydrogens (tertiary/aromatic N) is 3. The van der Waals surface area contributed by atoms with Crippen LogP contribution in [0.4, 0.5) is 0 Å². The van der Waals surface area contributed by atoms with E-state index in [1.807, 2.05) is 57.2 Å². The molecule has 2 aliphatic rings. The average Bonchev–Trinajstić information content (AvgIpc) is 3.22. The van der Waals surface area contributed by atoms with E-state index in [1.54, 1.807) is 25.3 Å². The normalized spacial score (nSPS) is 17.9. The summed E-state index contributed by atoms with van der Waals surface area (Å²) in [5.41, 5.74) is 1.94. The van der Waals surface area contributed by atoms with Crippen molar-refractivity contribution < 1.29 is 14.3 Å². The van der Waals surface area contributed by atoms with E-state index in [-0.39, 0.29) is 23.4 Å². The summed E-state index contributed by atoms with van der Waals surface area (Å²) >= 11 is 1.33. The Kier molecular flexibility index (Phi) is 6.14. The maximum absolute atomic E-state index is 12.6. The lowest BCUT2D eigenvalue weighted by Gasteiger charge is -2.20. The van der Waals surface area contributed by atoms with Crippen LogP contribution in [0.2, 0.25) is 0 Å². The predicted molar refractivity (Wildman–Crippen MR) is 128 cm³/mol. The summed E-state index contributed by atoms with van der Waals surface area (Å²) in [5.74, 6) is 0.890. The first-order chi connectivity index (χ1) is 15.4. The monoisotopic (exact) mass is 448 g/mol. The molecule has 164 valence electrons. The molecule has 0 radical (unpaired) electrons. The fourth-order valence-electron chi connectivity index (χ4n) is 3.26. The number of benzene rings is 2. The van der Waals surface area contributed by atoms with Crippen molar-refractivity contribution in [1.29, 1.82) is 5.41 Å². The Balaban J connectivity index is 1.59. The number of thioether (sulfide) groups is 1. The molecule has 32 heavy (non-hydrogen) atoms. The van der Waals surface area contributed by atoms with Crippen molar-refractivity contribution in [3.8, 4) is 11.5 Å². The van der Waals surface area contributed by atoms with Gasteiger partial charge in [0.2, 0.25) is 5.17 Å². The molecule has 0 aromatic heterocycles. The highest BCUT2D eigenvalue weighted by atomic mass is 32.2. The van der Waals surface area contributed by atoms with Crippen molar-refractivity contribution in [3.05, 3.63) is 65.2 Å². The van der Waals surface area contributed by atoms with Gasteiger partial charge in [-0.15, -0.1) is 0 Å². The molecule has 7 nitrogen and oxygen atoms in total. The van der Waals surface area contributed by atoms with E-state index in [0.717, 1.165) is 10.6 Å². The molecule has 8 heteroatoms. The van der Waals surface area contributed by atoms with Crippen molar-refractivity contribution >= 4 is 39.8 Å². The number of amides is 1. The molecule has 0 saturated carbocycles. The molecule has 0 spiro atoms. The van der Waals surface area contributed by atoms with Gasteiger partial charge in [0, 0.05) is 5.92 Å². The lowest BCUT2D eigenvalue weighted by Crippen LogP contribution is -2.35. The molecule has 2 aromatic carbocycles. The van der Waals surface area contributed by atoms with Gasteiger partial charge in [0.15, 0.2) is 17.3 Å². The first-order valence-corrected chi connectivity index (χ1v) is 11.1. The van der Waals surface area contributed by atoms with E-state index >= 15 is 0 Å². The largest absolute Gasteiger partial charge is 0.493 e. The highest BCUT2D eigenvalue weighted by Gasteiger charge is 2.36. The van der Waals surface area contributed by atoms with Gasteiger partial charge >= 0.3 is 0 Å². The fraction of sp³-hybridized carbons (Fsp3) is 0.250. The summed E-state index contributed by atoms with van der Waals surface area (Å²) in [5, 5.41) is 15.6. The number of fused-ring (bicyclic) bond motifs is 1. The third-order valence-electron chi connectivity index (χ3n) is 5.04. The number of methoxy groups -OCH3 is 1. The van der Waals surface area contributed by atoms with E-state index in [9.17, 15) is 4.79 Å². The van der Waals surface area contributed by atoms with Crippen LogP contribution in [0.1, 0.15) is 38.0 Å². The second kappa shape index (κ2) is 9.00. The van der Waals surface area contributed by atoms with Gasteiger partial charge in [-0.3, -0.25) is 10.2 Å². The maximum Gasteiger partial charge on any atom is 0.283 e. The van der Waals surface area contributed by atoms with Crippen LogP contribution < -0.4 is 9.47 Å². The van der Waals surface area contributed by atoms with Gasteiger partial charge < -0.3 is 9.47 Å². The third kappa shape index (κ3) is 4.31. The number of carbonyl (C=O) groups excluding carboxylic acids is 1. The molecule has 0 saturated heterocycles. The summed E-state index contributed by atoms with van der Waals surface area (Å²) in [6, 6.07) is 15.3. The molecule has 2 aromatic rings. The summed E-state index contributed by atoms with van der Waals surface area (Å²) in [6.45, 7) is 6.01. The van der Waals surface area contributed by atoms with Gasteiger partial charge in [0.1, 0.15) is 11.1 Å². The minimum Gasteiger partial charge on any atom is -0.493 e. The third-order valence-corrected chi connectivity index (χ3v) is 6.24. The first-order valence-electron chi connectivity index (χ1n) is 10.3. The van der Waals surface area contributed by atoms with E-state index in [4.69, 9.17) is 14.9 Å². The van der Waals surface area contributed by atoms with Gasteiger partial charge in [-0.25, -0.2) is 0 Å². The van der Waals surface area contributed by atoms with Crippen molar-refractivity contribution in [2.75, 3.05) is 7.11 Å². The quantitative estimate of drug-likeness (QED) is 0.621. The van der Waals surface area contributed by atoms with Gasteiger partial charge in [0.25, 0.3) is 5.91 Å². The van der Waals surface area contributed by atoms with Crippen LogP contribution in [0.5, 0.6) is 11.5 Å². The summed E-state index contributed by atoms with van der Waals surface area (Å²) in [6.07, 6.45) is 1.47. The van der Waals surface area contributed by atoms with Crippen molar-refractivity contribution in [3.63, 3.8) is 0 Å². The highest BCUT2D eigenvalue weighted by molar-refractivity contribution is 8.27. The van der Waals surface area contributed by atoms with Crippen LogP contribution in [-0.4, -0.2) is 34.1 Å². The second-order valence-electron chi connectivity index (χ2n) is 7.69. The maximum atomic E-state index is 12.6. The number of carbonyl (C=O) groups is 1. The Morgan fingerprint density at radius 3 is 2.53 bits per heavy atom. The first kappa shape index (κ1) is 21.8. The number of rotatable bonds is 6. The van der Waals surface area contributed by atoms with Crippen molar-refractivity contribution in [2.45, 2.75) is 26.9 Å².